The van der Waals surface area contributed by atoms with Gasteiger partial charge >= 0.3 is 0 Å². The third-order valence-electron chi connectivity index (χ3n) is 5.21. The van der Waals surface area contributed by atoms with Crippen LogP contribution in [0.3, 0.4) is 0 Å². The van der Waals surface area contributed by atoms with Crippen LogP contribution in [0.5, 0.6) is 0 Å². The Labute approximate surface area is 168 Å². The summed E-state index contributed by atoms with van der Waals surface area (Å²) in [6.07, 6.45) is 0.883. The molecular formula is C21H24N4O2S. The summed E-state index contributed by atoms with van der Waals surface area (Å²) in [6.45, 7) is 8.96. The van der Waals surface area contributed by atoms with Crippen molar-refractivity contribution in [1.82, 2.24) is 20.4 Å². The highest BCUT2D eigenvalue weighted by molar-refractivity contribution is 7.10. The predicted molar refractivity (Wildman–Crippen MR) is 108 cm³/mol. The van der Waals surface area contributed by atoms with Gasteiger partial charge in [-0.05, 0) is 44.9 Å². The molecule has 0 radical (unpaired) electrons. The largest absolute Gasteiger partial charge is 0.361 e. The SMILES string of the molecule is Cc1cccc(CNC(=O)c2csc3c2CCN(Cc2c(C)noc2C)C3)n1. The first-order valence-electron chi connectivity index (χ1n) is 9.45. The molecule has 1 N–H and O–H groups in total. The first-order valence-corrected chi connectivity index (χ1v) is 10.3. The summed E-state index contributed by atoms with van der Waals surface area (Å²) in [7, 11) is 0. The Kier molecular flexibility index (Phi) is 5.28. The standard InChI is InChI=1S/C21H24N4O2S/c1-13-5-4-6-16(23-13)9-22-21(26)19-12-28-20-11-25(8-7-17(19)20)10-18-14(2)24-27-15(18)3/h4-6,12H,7-11H2,1-3H3,(H,22,26). The molecule has 4 rings (SSSR count). The van der Waals surface area contributed by atoms with Gasteiger partial charge in [-0.15, -0.1) is 11.3 Å². The summed E-state index contributed by atoms with van der Waals surface area (Å²) < 4.78 is 5.28. The second-order valence-corrected chi connectivity index (χ2v) is 8.23. The average molecular weight is 397 g/mol. The fourth-order valence-corrected chi connectivity index (χ4v) is 4.74. The highest BCUT2D eigenvalue weighted by atomic mass is 32.1. The van der Waals surface area contributed by atoms with Gasteiger partial charge in [-0.25, -0.2) is 0 Å². The van der Waals surface area contributed by atoms with Crippen LogP contribution >= 0.6 is 11.3 Å². The van der Waals surface area contributed by atoms with Crippen molar-refractivity contribution in [2.45, 2.75) is 46.8 Å². The molecule has 1 amide bonds. The molecule has 1 aliphatic heterocycles. The van der Waals surface area contributed by atoms with Crippen molar-refractivity contribution in [1.29, 1.82) is 0 Å². The van der Waals surface area contributed by atoms with Crippen LogP contribution in [-0.2, 0) is 26.1 Å². The van der Waals surface area contributed by atoms with Crippen LogP contribution < -0.4 is 5.32 Å². The van der Waals surface area contributed by atoms with Gasteiger partial charge in [0.2, 0.25) is 0 Å². The van der Waals surface area contributed by atoms with E-state index in [4.69, 9.17) is 4.52 Å². The number of carbonyl (C=O) groups is 1. The van der Waals surface area contributed by atoms with Crippen molar-refractivity contribution in [3.05, 3.63) is 68.0 Å². The van der Waals surface area contributed by atoms with Crippen molar-refractivity contribution in [2.75, 3.05) is 6.54 Å². The highest BCUT2D eigenvalue weighted by Crippen LogP contribution is 2.30. The molecule has 0 spiro atoms. The third-order valence-corrected chi connectivity index (χ3v) is 6.22. The van der Waals surface area contributed by atoms with E-state index < -0.39 is 0 Å². The second-order valence-electron chi connectivity index (χ2n) is 7.27. The number of nitrogens with one attached hydrogen (secondary N) is 1. The summed E-state index contributed by atoms with van der Waals surface area (Å²) in [6, 6.07) is 5.85. The Bertz CT molecular complexity index is 988. The van der Waals surface area contributed by atoms with E-state index in [9.17, 15) is 4.79 Å². The Morgan fingerprint density at radius 1 is 1.32 bits per heavy atom. The molecule has 0 aliphatic carbocycles. The van der Waals surface area contributed by atoms with E-state index in [-0.39, 0.29) is 5.91 Å². The quantitative estimate of drug-likeness (QED) is 0.714. The molecule has 4 heterocycles. The molecule has 6 nitrogen and oxygen atoms in total. The van der Waals surface area contributed by atoms with Crippen molar-refractivity contribution in [3.8, 4) is 0 Å². The normalized spacial score (nSPS) is 14.1. The molecule has 0 bridgehead atoms. The highest BCUT2D eigenvalue weighted by Gasteiger charge is 2.25. The molecule has 7 heteroatoms. The number of fused-ring (bicyclic) bond motifs is 1. The van der Waals surface area contributed by atoms with E-state index in [1.54, 1.807) is 11.3 Å². The number of aryl methyl sites for hydroxylation is 3. The lowest BCUT2D eigenvalue weighted by Crippen LogP contribution is -2.31. The maximum atomic E-state index is 12.7. The fraction of sp³-hybridized carbons (Fsp3) is 0.381. The molecule has 0 atom stereocenters. The van der Waals surface area contributed by atoms with Gasteiger partial charge in [-0.3, -0.25) is 14.7 Å². The zero-order valence-corrected chi connectivity index (χ0v) is 17.2. The van der Waals surface area contributed by atoms with Crippen LogP contribution in [0.1, 0.15) is 49.2 Å². The number of aromatic nitrogens is 2. The molecule has 3 aromatic heterocycles. The lowest BCUT2D eigenvalue weighted by atomic mass is 10.0. The minimum Gasteiger partial charge on any atom is -0.361 e. The summed E-state index contributed by atoms with van der Waals surface area (Å²) in [5.74, 6) is 0.874. The van der Waals surface area contributed by atoms with E-state index in [1.807, 2.05) is 44.4 Å². The first kappa shape index (κ1) is 18.8. The number of thiophene rings is 1. The van der Waals surface area contributed by atoms with Gasteiger partial charge in [0.05, 0.1) is 23.5 Å². The number of carbonyl (C=O) groups excluding carboxylic acids is 1. The van der Waals surface area contributed by atoms with Crippen molar-refractivity contribution < 1.29 is 9.32 Å². The van der Waals surface area contributed by atoms with Gasteiger partial charge < -0.3 is 9.84 Å². The second kappa shape index (κ2) is 7.85. The summed E-state index contributed by atoms with van der Waals surface area (Å²) in [5.41, 5.74) is 5.96. The molecular weight excluding hydrogens is 372 g/mol. The third kappa shape index (κ3) is 3.86. The number of amides is 1. The summed E-state index contributed by atoms with van der Waals surface area (Å²) in [5, 5.41) is 9.05. The van der Waals surface area contributed by atoms with E-state index in [0.717, 1.165) is 54.5 Å². The molecule has 146 valence electrons. The monoisotopic (exact) mass is 396 g/mol. The van der Waals surface area contributed by atoms with Crippen LogP contribution in [-0.4, -0.2) is 27.5 Å². The van der Waals surface area contributed by atoms with E-state index in [2.05, 4.69) is 20.4 Å². The van der Waals surface area contributed by atoms with Crippen LogP contribution in [0.2, 0.25) is 0 Å². The van der Waals surface area contributed by atoms with Crippen molar-refractivity contribution >= 4 is 17.2 Å². The zero-order chi connectivity index (χ0) is 19.7. The Morgan fingerprint density at radius 2 is 2.18 bits per heavy atom. The number of pyridine rings is 1. The van der Waals surface area contributed by atoms with Crippen LogP contribution in [0.4, 0.5) is 0 Å². The van der Waals surface area contributed by atoms with Gasteiger partial charge in [0.25, 0.3) is 5.91 Å². The number of hydrogen-bond acceptors (Lipinski definition) is 6. The molecule has 0 unspecified atom stereocenters. The van der Waals surface area contributed by atoms with Crippen molar-refractivity contribution in [2.24, 2.45) is 0 Å². The molecule has 0 fully saturated rings. The molecule has 28 heavy (non-hydrogen) atoms. The smallest absolute Gasteiger partial charge is 0.252 e. The number of rotatable bonds is 5. The minimum atomic E-state index is -0.0139. The lowest BCUT2D eigenvalue weighted by molar-refractivity contribution is 0.0949. The van der Waals surface area contributed by atoms with Gasteiger partial charge in [-0.2, -0.15) is 0 Å². The molecule has 0 saturated heterocycles. The fourth-order valence-electron chi connectivity index (χ4n) is 3.62. The average Bonchev–Trinajstić information content (AvgIpc) is 3.24. The topological polar surface area (TPSA) is 71.3 Å². The Hall–Kier alpha value is -2.51. The van der Waals surface area contributed by atoms with Crippen LogP contribution in [0, 0.1) is 20.8 Å². The van der Waals surface area contributed by atoms with Gasteiger partial charge in [0, 0.05) is 41.1 Å². The Morgan fingerprint density at radius 3 is 2.93 bits per heavy atom. The van der Waals surface area contributed by atoms with Crippen molar-refractivity contribution in [3.63, 3.8) is 0 Å². The minimum absolute atomic E-state index is 0.0139. The molecule has 1 aliphatic rings. The molecule has 3 aromatic rings. The van der Waals surface area contributed by atoms with Gasteiger partial charge in [-0.1, -0.05) is 11.2 Å². The Balaban J connectivity index is 1.41. The van der Waals surface area contributed by atoms with Gasteiger partial charge in [0.1, 0.15) is 5.76 Å². The zero-order valence-electron chi connectivity index (χ0n) is 16.4. The van der Waals surface area contributed by atoms with E-state index in [1.165, 1.54) is 16.0 Å². The summed E-state index contributed by atoms with van der Waals surface area (Å²) in [4.78, 5) is 20.8. The van der Waals surface area contributed by atoms with Crippen LogP contribution in [0.25, 0.3) is 0 Å². The van der Waals surface area contributed by atoms with E-state index >= 15 is 0 Å². The molecule has 0 saturated carbocycles. The lowest BCUT2D eigenvalue weighted by Gasteiger charge is -2.27. The van der Waals surface area contributed by atoms with Crippen LogP contribution in [0.15, 0.2) is 28.1 Å². The number of nitrogens with zero attached hydrogens (tertiary/aromatic N) is 3. The first-order chi connectivity index (χ1) is 13.5. The summed E-state index contributed by atoms with van der Waals surface area (Å²) >= 11 is 1.67. The maximum absolute atomic E-state index is 12.7. The number of hydrogen-bond donors (Lipinski definition) is 1. The predicted octanol–water partition coefficient (Wildman–Crippen LogP) is 3.54. The maximum Gasteiger partial charge on any atom is 0.252 e. The van der Waals surface area contributed by atoms with E-state index in [0.29, 0.717) is 6.54 Å². The molecule has 0 aromatic carbocycles. The van der Waals surface area contributed by atoms with Gasteiger partial charge in [0.15, 0.2) is 0 Å².